The van der Waals surface area contributed by atoms with E-state index in [9.17, 15) is 9.59 Å². The van der Waals surface area contributed by atoms with E-state index < -0.39 is 17.2 Å². The van der Waals surface area contributed by atoms with Crippen molar-refractivity contribution in [2.24, 2.45) is 0 Å². The average Bonchev–Trinajstić information content (AvgIpc) is 3.49. The molecule has 2 aromatic carbocycles. The van der Waals surface area contributed by atoms with Gasteiger partial charge in [0, 0.05) is 23.5 Å². The van der Waals surface area contributed by atoms with Crippen molar-refractivity contribution in [3.8, 4) is 5.69 Å². The van der Waals surface area contributed by atoms with E-state index in [0.717, 1.165) is 17.1 Å². The predicted octanol–water partition coefficient (Wildman–Crippen LogP) is 4.43. The van der Waals surface area contributed by atoms with E-state index in [0.29, 0.717) is 18.1 Å². The number of nitrogens with one attached hydrogen (secondary N) is 2. The van der Waals surface area contributed by atoms with E-state index in [1.165, 1.54) is 16.6 Å². The summed E-state index contributed by atoms with van der Waals surface area (Å²) >= 11 is 2.93. The molecule has 2 heterocycles. The minimum absolute atomic E-state index is 0.343. The third-order valence-corrected chi connectivity index (χ3v) is 6.73. The number of benzene rings is 2. The molecule has 0 saturated carbocycles. The fourth-order valence-corrected chi connectivity index (χ4v) is 4.73. The van der Waals surface area contributed by atoms with E-state index in [-0.39, 0.29) is 0 Å². The number of carbonyl (C=O) groups is 2. The van der Waals surface area contributed by atoms with E-state index in [1.807, 2.05) is 76.7 Å². The Morgan fingerprint density at radius 1 is 1.00 bits per heavy atom. The Hall–Kier alpha value is -3.43. The standard InChI is InChI=1S/C24H23N5O2S2/c1-17(22(30)26-23(31)25-16-18-9-4-2-5-10-18)33-24-28-27-21(15-20-13-8-14-32-20)29(24)19-11-6-3-7-12-19/h2-14,17H,15-16H2,1H3,(H2,25,26,30,31). The molecule has 1 atom stereocenters. The van der Waals surface area contributed by atoms with Gasteiger partial charge in [0.05, 0.1) is 5.25 Å². The smallest absolute Gasteiger partial charge is 0.321 e. The second-order valence-electron chi connectivity index (χ2n) is 7.24. The summed E-state index contributed by atoms with van der Waals surface area (Å²) in [6, 6.07) is 22.9. The highest BCUT2D eigenvalue weighted by Crippen LogP contribution is 2.27. The van der Waals surface area contributed by atoms with Crippen LogP contribution in [0.4, 0.5) is 4.79 Å². The Balaban J connectivity index is 1.43. The Labute approximate surface area is 200 Å². The summed E-state index contributed by atoms with van der Waals surface area (Å²) in [6.07, 6.45) is 0.641. The van der Waals surface area contributed by atoms with Crippen LogP contribution in [0.25, 0.3) is 5.69 Å². The second kappa shape index (κ2) is 10.9. The average molecular weight is 478 g/mol. The third kappa shape index (κ3) is 6.09. The van der Waals surface area contributed by atoms with Gasteiger partial charge < -0.3 is 5.32 Å². The first-order chi connectivity index (χ1) is 16.1. The lowest BCUT2D eigenvalue weighted by molar-refractivity contribution is -0.119. The van der Waals surface area contributed by atoms with Gasteiger partial charge in [-0.25, -0.2) is 4.79 Å². The Morgan fingerprint density at radius 2 is 1.73 bits per heavy atom. The minimum Gasteiger partial charge on any atom is -0.334 e. The largest absolute Gasteiger partial charge is 0.334 e. The molecule has 7 nitrogen and oxygen atoms in total. The van der Waals surface area contributed by atoms with Crippen molar-refractivity contribution in [3.63, 3.8) is 0 Å². The van der Waals surface area contributed by atoms with Crippen LogP contribution in [0.5, 0.6) is 0 Å². The second-order valence-corrected chi connectivity index (χ2v) is 9.58. The topological polar surface area (TPSA) is 88.9 Å². The molecule has 0 aliphatic rings. The number of para-hydroxylation sites is 1. The molecule has 33 heavy (non-hydrogen) atoms. The molecule has 9 heteroatoms. The van der Waals surface area contributed by atoms with Gasteiger partial charge in [-0.2, -0.15) is 0 Å². The molecule has 4 rings (SSSR count). The summed E-state index contributed by atoms with van der Waals surface area (Å²) in [6.45, 7) is 2.09. The number of carbonyl (C=O) groups excluding carboxylic acids is 2. The maximum atomic E-state index is 12.6. The number of hydrogen-bond acceptors (Lipinski definition) is 6. The normalized spacial score (nSPS) is 11.7. The molecule has 168 valence electrons. The summed E-state index contributed by atoms with van der Waals surface area (Å²) in [7, 11) is 0. The molecule has 2 aromatic heterocycles. The molecule has 0 aliphatic carbocycles. The zero-order chi connectivity index (χ0) is 23.0. The Kier molecular flexibility index (Phi) is 7.54. The number of urea groups is 1. The molecule has 0 saturated heterocycles. The summed E-state index contributed by atoms with van der Waals surface area (Å²) in [5, 5.41) is 15.9. The zero-order valence-corrected chi connectivity index (χ0v) is 19.6. The fourth-order valence-electron chi connectivity index (χ4n) is 3.14. The maximum Gasteiger partial charge on any atom is 0.321 e. The van der Waals surface area contributed by atoms with Crippen LogP contribution in [0.3, 0.4) is 0 Å². The van der Waals surface area contributed by atoms with Gasteiger partial charge in [-0.15, -0.1) is 21.5 Å². The van der Waals surface area contributed by atoms with Crippen LogP contribution in [0.15, 0.2) is 83.3 Å². The van der Waals surface area contributed by atoms with Gasteiger partial charge in [0.2, 0.25) is 5.91 Å². The van der Waals surface area contributed by atoms with E-state index in [2.05, 4.69) is 26.9 Å². The van der Waals surface area contributed by atoms with Gasteiger partial charge >= 0.3 is 6.03 Å². The van der Waals surface area contributed by atoms with E-state index >= 15 is 0 Å². The molecule has 0 aliphatic heterocycles. The van der Waals surface area contributed by atoms with Crippen molar-refractivity contribution in [2.75, 3.05) is 0 Å². The predicted molar refractivity (Wildman–Crippen MR) is 131 cm³/mol. The van der Waals surface area contributed by atoms with Gasteiger partial charge in [-0.1, -0.05) is 66.4 Å². The van der Waals surface area contributed by atoms with Crippen LogP contribution in [-0.2, 0) is 17.8 Å². The van der Waals surface area contributed by atoms with Crippen molar-refractivity contribution >= 4 is 35.0 Å². The molecule has 0 spiro atoms. The number of thiophene rings is 1. The number of imide groups is 1. The van der Waals surface area contributed by atoms with Gasteiger partial charge in [-0.05, 0) is 36.1 Å². The first kappa shape index (κ1) is 22.8. The first-order valence-electron chi connectivity index (χ1n) is 10.4. The summed E-state index contributed by atoms with van der Waals surface area (Å²) in [4.78, 5) is 26.0. The number of hydrogen-bond donors (Lipinski definition) is 2. The van der Waals surface area contributed by atoms with Crippen LogP contribution in [0.2, 0.25) is 0 Å². The van der Waals surface area contributed by atoms with Crippen LogP contribution >= 0.6 is 23.1 Å². The highest BCUT2D eigenvalue weighted by atomic mass is 32.2. The van der Waals surface area contributed by atoms with E-state index in [1.54, 1.807) is 18.3 Å². The summed E-state index contributed by atoms with van der Waals surface area (Å²) in [5.74, 6) is 0.396. The highest BCUT2D eigenvalue weighted by molar-refractivity contribution is 8.00. The third-order valence-electron chi connectivity index (χ3n) is 4.81. The molecular weight excluding hydrogens is 454 g/mol. The van der Waals surface area contributed by atoms with Gasteiger partial charge in [0.25, 0.3) is 0 Å². The fraction of sp³-hybridized carbons (Fsp3) is 0.167. The number of nitrogens with zero attached hydrogens (tertiary/aromatic N) is 3. The SMILES string of the molecule is CC(Sc1nnc(Cc2cccs2)n1-c1ccccc1)C(=O)NC(=O)NCc1ccccc1. The molecule has 0 radical (unpaired) electrons. The highest BCUT2D eigenvalue weighted by Gasteiger charge is 2.22. The number of aromatic nitrogens is 3. The van der Waals surface area contributed by atoms with Crippen molar-refractivity contribution in [3.05, 3.63) is 94.4 Å². The molecule has 4 aromatic rings. The molecule has 2 N–H and O–H groups in total. The number of rotatable bonds is 8. The summed E-state index contributed by atoms with van der Waals surface area (Å²) < 4.78 is 1.96. The Morgan fingerprint density at radius 3 is 2.42 bits per heavy atom. The number of amides is 3. The van der Waals surface area contributed by atoms with Crippen molar-refractivity contribution < 1.29 is 9.59 Å². The van der Waals surface area contributed by atoms with Crippen molar-refractivity contribution in [2.45, 2.75) is 30.3 Å². The van der Waals surface area contributed by atoms with Crippen molar-refractivity contribution in [1.82, 2.24) is 25.4 Å². The minimum atomic E-state index is -0.547. The molecular formula is C24H23N5O2S2. The maximum absolute atomic E-state index is 12.6. The first-order valence-corrected chi connectivity index (χ1v) is 12.2. The van der Waals surface area contributed by atoms with Crippen LogP contribution in [0, 0.1) is 0 Å². The van der Waals surface area contributed by atoms with Gasteiger partial charge in [0.15, 0.2) is 5.16 Å². The molecule has 3 amide bonds. The van der Waals surface area contributed by atoms with E-state index in [4.69, 9.17) is 0 Å². The molecule has 1 unspecified atom stereocenters. The Bertz CT molecular complexity index is 1190. The molecule has 0 fully saturated rings. The van der Waals surface area contributed by atoms with Gasteiger partial charge in [-0.3, -0.25) is 14.7 Å². The van der Waals surface area contributed by atoms with Crippen LogP contribution in [-0.4, -0.2) is 32.0 Å². The quantitative estimate of drug-likeness (QED) is 0.367. The monoisotopic (exact) mass is 477 g/mol. The number of thioether (sulfide) groups is 1. The van der Waals surface area contributed by atoms with Gasteiger partial charge in [0.1, 0.15) is 5.82 Å². The zero-order valence-electron chi connectivity index (χ0n) is 18.0. The van der Waals surface area contributed by atoms with Crippen molar-refractivity contribution in [1.29, 1.82) is 0 Å². The summed E-state index contributed by atoms with van der Waals surface area (Å²) in [5.41, 5.74) is 1.88. The van der Waals surface area contributed by atoms with Crippen LogP contribution < -0.4 is 10.6 Å². The van der Waals surface area contributed by atoms with Crippen LogP contribution in [0.1, 0.15) is 23.2 Å². The lowest BCUT2D eigenvalue weighted by Gasteiger charge is -2.14. The lowest BCUT2D eigenvalue weighted by Crippen LogP contribution is -2.42. The lowest BCUT2D eigenvalue weighted by atomic mass is 10.2. The molecule has 0 bridgehead atoms.